The van der Waals surface area contributed by atoms with Crippen molar-refractivity contribution in [1.29, 1.82) is 0 Å². The van der Waals surface area contributed by atoms with Gasteiger partial charge in [0.2, 0.25) is 5.95 Å². The number of fused-ring (bicyclic) bond motifs is 1. The summed E-state index contributed by atoms with van der Waals surface area (Å²) in [5, 5.41) is 10.3. The van der Waals surface area contributed by atoms with Crippen molar-refractivity contribution < 1.29 is 5.11 Å². The van der Waals surface area contributed by atoms with Crippen molar-refractivity contribution >= 4 is 17.0 Å². The molecular formula is C20H22N4O2. The fourth-order valence-electron chi connectivity index (χ4n) is 3.92. The normalized spacial score (nSPS) is 15.0. The van der Waals surface area contributed by atoms with Crippen LogP contribution in [0.5, 0.6) is 0 Å². The number of benzene rings is 1. The number of aliphatic hydroxyl groups is 1. The number of nitrogen functional groups attached to an aromatic ring is 1. The number of aromatic nitrogens is 3. The molecule has 0 unspecified atom stereocenters. The zero-order valence-electron chi connectivity index (χ0n) is 14.8. The van der Waals surface area contributed by atoms with E-state index in [2.05, 4.69) is 9.97 Å². The van der Waals surface area contributed by atoms with Crippen LogP contribution in [0.2, 0.25) is 0 Å². The molecule has 0 amide bonds. The van der Waals surface area contributed by atoms with Gasteiger partial charge in [-0.25, -0.2) is 4.98 Å². The van der Waals surface area contributed by atoms with E-state index in [0.29, 0.717) is 11.2 Å². The first-order valence-corrected chi connectivity index (χ1v) is 8.98. The molecule has 6 nitrogen and oxygen atoms in total. The molecule has 0 spiro atoms. The predicted molar refractivity (Wildman–Crippen MR) is 102 cm³/mol. The van der Waals surface area contributed by atoms with Crippen molar-refractivity contribution in [1.82, 2.24) is 14.5 Å². The summed E-state index contributed by atoms with van der Waals surface area (Å²) in [7, 11) is 0. The molecule has 134 valence electrons. The molecule has 1 aromatic carbocycles. The molecule has 26 heavy (non-hydrogen) atoms. The first-order valence-electron chi connectivity index (χ1n) is 8.98. The molecule has 0 atom stereocenters. The first kappa shape index (κ1) is 16.7. The van der Waals surface area contributed by atoms with Crippen LogP contribution in [-0.2, 0) is 6.61 Å². The van der Waals surface area contributed by atoms with Crippen LogP contribution < -0.4 is 11.3 Å². The highest BCUT2D eigenvalue weighted by atomic mass is 16.3. The molecular weight excluding hydrogens is 328 g/mol. The van der Waals surface area contributed by atoms with Crippen LogP contribution in [0.15, 0.2) is 35.1 Å². The Morgan fingerprint density at radius 1 is 1.23 bits per heavy atom. The summed E-state index contributed by atoms with van der Waals surface area (Å²) >= 11 is 0. The number of anilines is 1. The zero-order valence-corrected chi connectivity index (χ0v) is 14.8. The second kappa shape index (κ2) is 6.53. The number of nitrogens with zero attached hydrogens (tertiary/aromatic N) is 3. The number of aliphatic hydroxyl groups excluding tert-OH is 1. The Balaban J connectivity index is 2.05. The number of hydrogen-bond acceptors (Lipinski definition) is 5. The smallest absolute Gasteiger partial charge is 0.260 e. The minimum atomic E-state index is -0.0586. The van der Waals surface area contributed by atoms with E-state index < -0.39 is 0 Å². The molecule has 1 fully saturated rings. The van der Waals surface area contributed by atoms with E-state index in [-0.39, 0.29) is 24.2 Å². The average Bonchev–Trinajstić information content (AvgIpc) is 3.15. The third-order valence-corrected chi connectivity index (χ3v) is 5.21. The SMILES string of the molecule is Cc1nc(N)nc2c1cc(-c1cccc(CO)c1)c(=O)n2C1CCCC1. The Hall–Kier alpha value is -2.73. The summed E-state index contributed by atoms with van der Waals surface area (Å²) in [6, 6.07) is 9.45. The predicted octanol–water partition coefficient (Wildman–Crippen LogP) is 2.96. The standard InChI is InChI=1S/C20H22N4O2/c1-12-16-10-17(14-6-4-5-13(9-14)11-25)19(26)24(15-7-2-3-8-15)18(16)23-20(21)22-12/h4-6,9-10,15,25H,2-3,7-8,11H2,1H3,(H2,21,22,23). The number of pyridine rings is 1. The fraction of sp³-hybridized carbons (Fsp3) is 0.350. The largest absolute Gasteiger partial charge is 0.392 e. The fourth-order valence-corrected chi connectivity index (χ4v) is 3.92. The molecule has 4 rings (SSSR count). The Labute approximate surface area is 151 Å². The van der Waals surface area contributed by atoms with E-state index in [4.69, 9.17) is 5.73 Å². The van der Waals surface area contributed by atoms with Gasteiger partial charge in [0.25, 0.3) is 5.56 Å². The van der Waals surface area contributed by atoms with Gasteiger partial charge in [0.05, 0.1) is 12.3 Å². The van der Waals surface area contributed by atoms with E-state index in [9.17, 15) is 9.90 Å². The molecule has 6 heteroatoms. The summed E-state index contributed by atoms with van der Waals surface area (Å²) in [6.07, 6.45) is 4.17. The monoisotopic (exact) mass is 350 g/mol. The van der Waals surface area contributed by atoms with Crippen LogP contribution in [0.1, 0.15) is 43.0 Å². The average molecular weight is 350 g/mol. The van der Waals surface area contributed by atoms with Crippen LogP contribution >= 0.6 is 0 Å². The molecule has 2 heterocycles. The van der Waals surface area contributed by atoms with Crippen molar-refractivity contribution in [3.05, 3.63) is 51.9 Å². The second-order valence-corrected chi connectivity index (χ2v) is 6.93. The van der Waals surface area contributed by atoms with Crippen molar-refractivity contribution in [2.45, 2.75) is 45.3 Å². The highest BCUT2D eigenvalue weighted by Crippen LogP contribution is 2.32. The molecule has 3 N–H and O–H groups in total. The highest BCUT2D eigenvalue weighted by molar-refractivity contribution is 5.84. The maximum atomic E-state index is 13.4. The van der Waals surface area contributed by atoms with E-state index in [1.807, 2.05) is 41.8 Å². The molecule has 1 saturated carbocycles. The van der Waals surface area contributed by atoms with Gasteiger partial charge < -0.3 is 10.8 Å². The lowest BCUT2D eigenvalue weighted by Gasteiger charge is -2.19. The van der Waals surface area contributed by atoms with Crippen LogP contribution in [0.3, 0.4) is 0 Å². The van der Waals surface area contributed by atoms with Gasteiger partial charge in [-0.2, -0.15) is 4.98 Å². The third-order valence-electron chi connectivity index (χ3n) is 5.21. The Morgan fingerprint density at radius 3 is 2.73 bits per heavy atom. The van der Waals surface area contributed by atoms with E-state index in [1.54, 1.807) is 0 Å². The lowest BCUT2D eigenvalue weighted by Crippen LogP contribution is -2.26. The van der Waals surface area contributed by atoms with Crippen molar-refractivity contribution in [2.75, 3.05) is 5.73 Å². The first-order chi connectivity index (χ1) is 12.6. The van der Waals surface area contributed by atoms with Gasteiger partial charge in [-0.15, -0.1) is 0 Å². The van der Waals surface area contributed by atoms with Gasteiger partial charge in [-0.1, -0.05) is 31.0 Å². The minimum Gasteiger partial charge on any atom is -0.392 e. The third kappa shape index (κ3) is 2.76. The molecule has 0 aliphatic heterocycles. The van der Waals surface area contributed by atoms with Crippen LogP contribution in [0, 0.1) is 6.92 Å². The summed E-state index contributed by atoms with van der Waals surface area (Å²) in [4.78, 5) is 22.1. The van der Waals surface area contributed by atoms with Gasteiger partial charge in [-0.05, 0) is 43.0 Å². The second-order valence-electron chi connectivity index (χ2n) is 6.93. The molecule has 3 aromatic rings. The zero-order chi connectivity index (χ0) is 18.3. The summed E-state index contributed by atoms with van der Waals surface area (Å²) in [5.74, 6) is 0.191. The van der Waals surface area contributed by atoms with Crippen LogP contribution in [-0.4, -0.2) is 19.6 Å². The van der Waals surface area contributed by atoms with Gasteiger partial charge in [0.1, 0.15) is 5.65 Å². The number of nitrogens with two attached hydrogens (primary N) is 1. The molecule has 1 aliphatic rings. The van der Waals surface area contributed by atoms with E-state index in [0.717, 1.165) is 47.9 Å². The van der Waals surface area contributed by atoms with Gasteiger partial charge in [0, 0.05) is 17.0 Å². The van der Waals surface area contributed by atoms with E-state index >= 15 is 0 Å². The molecule has 0 radical (unpaired) electrons. The van der Waals surface area contributed by atoms with Crippen molar-refractivity contribution in [2.24, 2.45) is 0 Å². The van der Waals surface area contributed by atoms with Crippen LogP contribution in [0.4, 0.5) is 5.95 Å². The summed E-state index contributed by atoms with van der Waals surface area (Å²) in [5.41, 5.74) is 9.37. The summed E-state index contributed by atoms with van der Waals surface area (Å²) in [6.45, 7) is 1.83. The number of hydrogen-bond donors (Lipinski definition) is 2. The number of aryl methyl sites for hydroxylation is 1. The lowest BCUT2D eigenvalue weighted by atomic mass is 10.0. The maximum absolute atomic E-state index is 13.4. The lowest BCUT2D eigenvalue weighted by molar-refractivity contribution is 0.282. The summed E-state index contributed by atoms with van der Waals surface area (Å²) < 4.78 is 1.81. The highest BCUT2D eigenvalue weighted by Gasteiger charge is 2.23. The quantitative estimate of drug-likeness (QED) is 0.757. The van der Waals surface area contributed by atoms with Crippen LogP contribution in [0.25, 0.3) is 22.2 Å². The van der Waals surface area contributed by atoms with Gasteiger partial charge >= 0.3 is 0 Å². The Kier molecular flexibility index (Phi) is 4.20. The van der Waals surface area contributed by atoms with Crippen molar-refractivity contribution in [3.63, 3.8) is 0 Å². The minimum absolute atomic E-state index is 0.0583. The molecule has 2 aromatic heterocycles. The van der Waals surface area contributed by atoms with E-state index in [1.165, 1.54) is 0 Å². The molecule has 0 bridgehead atoms. The maximum Gasteiger partial charge on any atom is 0.260 e. The molecule has 0 saturated heterocycles. The topological polar surface area (TPSA) is 94.0 Å². The molecule has 1 aliphatic carbocycles. The van der Waals surface area contributed by atoms with Gasteiger partial charge in [0.15, 0.2) is 0 Å². The number of rotatable bonds is 3. The Bertz CT molecular complexity index is 1040. The van der Waals surface area contributed by atoms with Crippen molar-refractivity contribution in [3.8, 4) is 11.1 Å². The Morgan fingerprint density at radius 2 is 2.00 bits per heavy atom. The van der Waals surface area contributed by atoms with Gasteiger partial charge in [-0.3, -0.25) is 9.36 Å².